The van der Waals surface area contributed by atoms with Crippen LogP contribution in [0, 0.1) is 0 Å². The van der Waals surface area contributed by atoms with Gasteiger partial charge in [0.25, 0.3) is 10.2 Å². The third kappa shape index (κ3) is 5.44. The fraction of sp³-hybridized carbons (Fsp3) is 0.647. The Balaban J connectivity index is 2.20. The van der Waals surface area contributed by atoms with Crippen LogP contribution >= 0.6 is 0 Å². The average Bonchev–Trinajstić information content (AvgIpc) is 2.55. The van der Waals surface area contributed by atoms with Gasteiger partial charge in [0.05, 0.1) is 13.2 Å². The summed E-state index contributed by atoms with van der Waals surface area (Å²) in [4.78, 5) is 2.35. The minimum Gasteiger partial charge on any atom is -0.496 e. The smallest absolute Gasteiger partial charge is 0.277 e. The number of ether oxygens (including phenoxy) is 1. The first-order chi connectivity index (χ1) is 11.4. The van der Waals surface area contributed by atoms with Gasteiger partial charge < -0.3 is 4.74 Å². The van der Waals surface area contributed by atoms with E-state index in [0.29, 0.717) is 6.54 Å². The molecule has 1 aliphatic heterocycles. The molecule has 1 aliphatic rings. The second-order valence-corrected chi connectivity index (χ2v) is 8.01. The normalized spacial score (nSPS) is 17.8. The van der Waals surface area contributed by atoms with E-state index in [-0.39, 0.29) is 12.1 Å². The van der Waals surface area contributed by atoms with Crippen LogP contribution in [0.4, 0.5) is 0 Å². The predicted molar refractivity (Wildman–Crippen MR) is 96.4 cm³/mol. The molecule has 1 aromatic rings. The average molecular weight is 356 g/mol. The highest BCUT2D eigenvalue weighted by Crippen LogP contribution is 2.30. The Morgan fingerprint density at radius 3 is 2.46 bits per heavy atom. The molecule has 0 radical (unpaired) electrons. The molecule has 0 aromatic heterocycles. The second-order valence-electron chi connectivity index (χ2n) is 6.48. The third-order valence-corrected chi connectivity index (χ3v) is 5.52. The van der Waals surface area contributed by atoms with Crippen LogP contribution in [0.25, 0.3) is 0 Å². The first-order valence-electron chi connectivity index (χ1n) is 8.57. The molecule has 1 atom stereocenters. The van der Waals surface area contributed by atoms with E-state index in [1.54, 1.807) is 7.11 Å². The molecule has 1 heterocycles. The minimum absolute atomic E-state index is 0.0369. The maximum absolute atomic E-state index is 12.1. The van der Waals surface area contributed by atoms with Crippen LogP contribution in [0.5, 0.6) is 5.75 Å². The molecule has 2 rings (SSSR count). The van der Waals surface area contributed by atoms with Crippen molar-refractivity contribution in [3.8, 4) is 5.75 Å². The van der Waals surface area contributed by atoms with Crippen molar-refractivity contribution in [3.63, 3.8) is 0 Å². The van der Waals surface area contributed by atoms with Gasteiger partial charge >= 0.3 is 0 Å². The molecule has 1 aromatic carbocycles. The molecular weight excluding hydrogens is 326 g/mol. The summed E-state index contributed by atoms with van der Waals surface area (Å²) in [6.45, 7) is 5.88. The van der Waals surface area contributed by atoms with Gasteiger partial charge in [0.2, 0.25) is 0 Å². The van der Waals surface area contributed by atoms with Gasteiger partial charge in [-0.1, -0.05) is 24.6 Å². The van der Waals surface area contributed by atoms with E-state index < -0.39 is 10.2 Å². The zero-order chi connectivity index (χ0) is 17.6. The van der Waals surface area contributed by atoms with Crippen molar-refractivity contribution in [2.45, 2.75) is 45.2 Å². The molecule has 0 amide bonds. The monoisotopic (exact) mass is 355 g/mol. The Morgan fingerprint density at radius 1 is 1.17 bits per heavy atom. The molecule has 136 valence electrons. The summed E-state index contributed by atoms with van der Waals surface area (Å²) in [5.74, 6) is 0.795. The predicted octanol–water partition coefficient (Wildman–Crippen LogP) is 2.05. The van der Waals surface area contributed by atoms with E-state index >= 15 is 0 Å². The summed E-state index contributed by atoms with van der Waals surface area (Å²) in [5, 5.41) is 0. The van der Waals surface area contributed by atoms with Gasteiger partial charge in [0.1, 0.15) is 5.75 Å². The standard InChI is InChI=1S/C17H29N3O3S/c1-14(2)19-24(21,22)18-13-16(20-11-7-4-8-12-20)15-9-5-6-10-17(15)23-3/h5-6,9-10,14,16,18-19H,4,7-8,11-13H2,1-3H3. The van der Waals surface area contributed by atoms with E-state index in [1.165, 1.54) is 6.42 Å². The number of hydrogen-bond donors (Lipinski definition) is 2. The van der Waals surface area contributed by atoms with Gasteiger partial charge in [-0.3, -0.25) is 4.90 Å². The molecule has 6 nitrogen and oxygen atoms in total. The number of nitrogens with zero attached hydrogens (tertiary/aromatic N) is 1. The highest BCUT2D eigenvalue weighted by molar-refractivity contribution is 7.87. The van der Waals surface area contributed by atoms with Crippen molar-refractivity contribution in [2.24, 2.45) is 0 Å². The quantitative estimate of drug-likeness (QED) is 0.749. The zero-order valence-electron chi connectivity index (χ0n) is 14.8. The first kappa shape index (κ1) is 19.2. The number of nitrogens with one attached hydrogen (secondary N) is 2. The Morgan fingerprint density at radius 2 is 1.83 bits per heavy atom. The summed E-state index contributed by atoms with van der Waals surface area (Å²) >= 11 is 0. The van der Waals surface area contributed by atoms with Crippen molar-refractivity contribution in [3.05, 3.63) is 29.8 Å². The highest BCUT2D eigenvalue weighted by Gasteiger charge is 2.26. The Labute approximate surface area is 145 Å². The molecule has 2 N–H and O–H groups in total. The molecule has 0 saturated carbocycles. The van der Waals surface area contributed by atoms with Crippen LogP contribution in [-0.4, -0.2) is 46.1 Å². The number of hydrogen-bond acceptors (Lipinski definition) is 4. The maximum Gasteiger partial charge on any atom is 0.277 e. The van der Waals surface area contributed by atoms with Crippen molar-refractivity contribution in [2.75, 3.05) is 26.7 Å². The number of rotatable bonds is 8. The SMILES string of the molecule is COc1ccccc1C(CNS(=O)(=O)NC(C)C)N1CCCCC1. The van der Waals surface area contributed by atoms with Crippen LogP contribution in [0.3, 0.4) is 0 Å². The summed E-state index contributed by atoms with van der Waals surface area (Å²) < 4.78 is 35.0. The van der Waals surface area contributed by atoms with Crippen LogP contribution in [0.1, 0.15) is 44.7 Å². The minimum atomic E-state index is -3.51. The van der Waals surface area contributed by atoms with Crippen LogP contribution in [0.2, 0.25) is 0 Å². The Hall–Kier alpha value is -1.15. The third-order valence-electron chi connectivity index (χ3n) is 4.19. The summed E-state index contributed by atoms with van der Waals surface area (Å²) in [6.07, 6.45) is 3.51. The lowest BCUT2D eigenvalue weighted by Crippen LogP contribution is -2.45. The van der Waals surface area contributed by atoms with Gasteiger partial charge in [-0.15, -0.1) is 0 Å². The van der Waals surface area contributed by atoms with Gasteiger partial charge in [0.15, 0.2) is 0 Å². The molecule has 1 fully saturated rings. The van der Waals surface area contributed by atoms with Crippen LogP contribution in [0.15, 0.2) is 24.3 Å². The molecular formula is C17H29N3O3S. The topological polar surface area (TPSA) is 70.7 Å². The molecule has 0 bridgehead atoms. The molecule has 24 heavy (non-hydrogen) atoms. The molecule has 0 spiro atoms. The van der Waals surface area contributed by atoms with E-state index in [1.807, 2.05) is 38.1 Å². The van der Waals surface area contributed by atoms with Gasteiger partial charge in [0, 0.05) is 18.2 Å². The molecule has 7 heteroatoms. The summed E-state index contributed by atoms with van der Waals surface area (Å²) in [7, 11) is -1.86. The van der Waals surface area contributed by atoms with Crippen molar-refractivity contribution in [1.29, 1.82) is 0 Å². The molecule has 1 saturated heterocycles. The Kier molecular flexibility index (Phi) is 7.03. The molecule has 0 aliphatic carbocycles. The van der Waals surface area contributed by atoms with Gasteiger partial charge in [-0.2, -0.15) is 13.1 Å². The van der Waals surface area contributed by atoms with E-state index in [0.717, 1.165) is 37.2 Å². The number of benzene rings is 1. The molecule has 1 unspecified atom stereocenters. The van der Waals surface area contributed by atoms with Crippen LogP contribution < -0.4 is 14.2 Å². The van der Waals surface area contributed by atoms with Crippen molar-refractivity contribution < 1.29 is 13.2 Å². The van der Waals surface area contributed by atoms with Crippen molar-refractivity contribution in [1.82, 2.24) is 14.3 Å². The maximum atomic E-state index is 12.1. The van der Waals surface area contributed by atoms with Crippen molar-refractivity contribution >= 4 is 10.2 Å². The van der Waals surface area contributed by atoms with Crippen LogP contribution in [-0.2, 0) is 10.2 Å². The second kappa shape index (κ2) is 8.80. The lowest BCUT2D eigenvalue weighted by Gasteiger charge is -2.35. The highest BCUT2D eigenvalue weighted by atomic mass is 32.2. The van der Waals surface area contributed by atoms with E-state index in [9.17, 15) is 8.42 Å². The number of methoxy groups -OCH3 is 1. The van der Waals surface area contributed by atoms with E-state index in [2.05, 4.69) is 14.3 Å². The summed E-state index contributed by atoms with van der Waals surface area (Å²) in [5.41, 5.74) is 1.02. The number of likely N-dealkylation sites (tertiary alicyclic amines) is 1. The van der Waals surface area contributed by atoms with Gasteiger partial charge in [-0.05, 0) is 45.8 Å². The number of para-hydroxylation sites is 1. The number of piperidine rings is 1. The summed E-state index contributed by atoms with van der Waals surface area (Å²) in [6, 6.07) is 7.66. The lowest BCUT2D eigenvalue weighted by atomic mass is 10.0. The fourth-order valence-corrected chi connectivity index (χ4v) is 4.23. The lowest BCUT2D eigenvalue weighted by molar-refractivity contribution is 0.162. The Bertz CT molecular complexity index is 613. The van der Waals surface area contributed by atoms with Gasteiger partial charge in [-0.25, -0.2) is 4.72 Å². The first-order valence-corrected chi connectivity index (χ1v) is 10.0. The fourth-order valence-electron chi connectivity index (χ4n) is 3.15. The zero-order valence-corrected chi connectivity index (χ0v) is 15.6. The largest absolute Gasteiger partial charge is 0.496 e. The van der Waals surface area contributed by atoms with E-state index in [4.69, 9.17) is 4.74 Å².